The molecule has 1 fully saturated rings. The second-order valence-electron chi connectivity index (χ2n) is 7.18. The van der Waals surface area contributed by atoms with Crippen molar-refractivity contribution < 1.29 is 8.42 Å². The Labute approximate surface area is 179 Å². The Morgan fingerprint density at radius 1 is 1.03 bits per heavy atom. The van der Waals surface area contributed by atoms with Gasteiger partial charge in [0.05, 0.1) is 16.8 Å². The minimum absolute atomic E-state index is 0.219. The number of hydrogen-bond acceptors (Lipinski definition) is 6. The van der Waals surface area contributed by atoms with Gasteiger partial charge in [-0.2, -0.15) is 0 Å². The van der Waals surface area contributed by atoms with Gasteiger partial charge < -0.3 is 5.32 Å². The Hall–Kier alpha value is -2.97. The number of benzene rings is 2. The van der Waals surface area contributed by atoms with E-state index in [1.807, 2.05) is 42.5 Å². The Kier molecular flexibility index (Phi) is 4.88. The predicted molar refractivity (Wildman–Crippen MR) is 122 cm³/mol. The van der Waals surface area contributed by atoms with Crippen molar-refractivity contribution in [3.8, 4) is 10.4 Å². The van der Waals surface area contributed by atoms with Gasteiger partial charge in [-0.1, -0.05) is 42.5 Å². The normalized spacial score (nSPS) is 15.5. The molecule has 2 aromatic carbocycles. The molecule has 152 valence electrons. The molecule has 0 aliphatic carbocycles. The summed E-state index contributed by atoms with van der Waals surface area (Å²) in [5.74, 6) is 0.994. The summed E-state index contributed by atoms with van der Waals surface area (Å²) in [5.41, 5.74) is 2.88. The van der Waals surface area contributed by atoms with E-state index in [0.29, 0.717) is 19.5 Å². The lowest BCUT2D eigenvalue weighted by Gasteiger charge is -2.17. The standard InChI is InChI=1S/C22H20N4O2S2/c27-30(28)11-5-10-26(30)18-9-4-6-16(12-18)14-23-21-19-13-20(17-7-2-1-3-8-17)29-22(19)25-15-24-21/h1-4,6-9,12-13,15H,5,10-11,14H2,(H,23,24,25). The summed E-state index contributed by atoms with van der Waals surface area (Å²) in [6.07, 6.45) is 2.24. The Morgan fingerprint density at radius 3 is 2.70 bits per heavy atom. The first kappa shape index (κ1) is 19.0. The van der Waals surface area contributed by atoms with Crippen molar-refractivity contribution >= 4 is 43.1 Å². The largest absolute Gasteiger partial charge is 0.365 e. The van der Waals surface area contributed by atoms with Crippen molar-refractivity contribution in [1.82, 2.24) is 9.97 Å². The molecular formula is C22H20N4O2S2. The molecule has 1 N–H and O–H groups in total. The molecule has 1 aliphatic rings. The summed E-state index contributed by atoms with van der Waals surface area (Å²) in [5, 5.41) is 4.38. The first-order valence-electron chi connectivity index (χ1n) is 9.73. The van der Waals surface area contributed by atoms with Crippen LogP contribution in [0.1, 0.15) is 12.0 Å². The molecule has 30 heavy (non-hydrogen) atoms. The third kappa shape index (κ3) is 3.64. The second kappa shape index (κ2) is 7.70. The number of sulfonamides is 1. The van der Waals surface area contributed by atoms with E-state index in [9.17, 15) is 8.42 Å². The van der Waals surface area contributed by atoms with E-state index < -0.39 is 10.0 Å². The number of nitrogens with zero attached hydrogens (tertiary/aromatic N) is 3. The Balaban J connectivity index is 1.39. The molecule has 0 amide bonds. The van der Waals surface area contributed by atoms with Gasteiger partial charge in [0, 0.05) is 18.0 Å². The molecule has 8 heteroatoms. The van der Waals surface area contributed by atoms with Crippen molar-refractivity contribution in [2.24, 2.45) is 0 Å². The fraction of sp³-hybridized carbons (Fsp3) is 0.182. The number of anilines is 2. The van der Waals surface area contributed by atoms with Gasteiger partial charge in [-0.3, -0.25) is 4.31 Å². The summed E-state index contributed by atoms with van der Waals surface area (Å²) in [6, 6.07) is 20.0. The summed E-state index contributed by atoms with van der Waals surface area (Å²) in [7, 11) is -3.18. The van der Waals surface area contributed by atoms with Crippen LogP contribution in [0.5, 0.6) is 0 Å². The minimum atomic E-state index is -3.18. The highest BCUT2D eigenvalue weighted by molar-refractivity contribution is 7.93. The zero-order valence-corrected chi connectivity index (χ0v) is 17.8. The third-order valence-corrected chi connectivity index (χ3v) is 8.11. The second-order valence-corrected chi connectivity index (χ2v) is 10.2. The lowest BCUT2D eigenvalue weighted by molar-refractivity contribution is 0.599. The first-order chi connectivity index (χ1) is 14.6. The molecule has 4 aromatic rings. The Bertz CT molecular complexity index is 1300. The monoisotopic (exact) mass is 436 g/mol. The van der Waals surface area contributed by atoms with E-state index in [0.717, 1.165) is 37.7 Å². The van der Waals surface area contributed by atoms with E-state index in [-0.39, 0.29) is 5.75 Å². The van der Waals surface area contributed by atoms with Gasteiger partial charge >= 0.3 is 0 Å². The van der Waals surface area contributed by atoms with Crippen LogP contribution in [-0.2, 0) is 16.6 Å². The molecule has 1 aliphatic heterocycles. The van der Waals surface area contributed by atoms with Crippen LogP contribution in [0.15, 0.2) is 67.0 Å². The first-order valence-corrected chi connectivity index (χ1v) is 12.2. The molecule has 0 saturated carbocycles. The molecule has 2 aromatic heterocycles. The van der Waals surface area contributed by atoms with Gasteiger partial charge in [-0.15, -0.1) is 11.3 Å². The molecule has 0 unspecified atom stereocenters. The van der Waals surface area contributed by atoms with E-state index in [2.05, 4.69) is 33.5 Å². The SMILES string of the molecule is O=S1(=O)CCCN1c1cccc(CNc2ncnc3sc(-c4ccccc4)cc23)c1. The number of aromatic nitrogens is 2. The highest BCUT2D eigenvalue weighted by Crippen LogP contribution is 2.35. The maximum absolute atomic E-state index is 12.2. The zero-order chi connectivity index (χ0) is 20.6. The van der Waals surface area contributed by atoms with Crippen LogP contribution in [0.4, 0.5) is 11.5 Å². The average molecular weight is 437 g/mol. The van der Waals surface area contributed by atoms with Gasteiger partial charge in [-0.05, 0) is 35.7 Å². The lowest BCUT2D eigenvalue weighted by Crippen LogP contribution is -2.25. The number of rotatable bonds is 5. The van der Waals surface area contributed by atoms with E-state index >= 15 is 0 Å². The van der Waals surface area contributed by atoms with Gasteiger partial charge in [-0.25, -0.2) is 18.4 Å². The summed E-state index contributed by atoms with van der Waals surface area (Å²) >= 11 is 1.64. The highest BCUT2D eigenvalue weighted by Gasteiger charge is 2.28. The van der Waals surface area contributed by atoms with Crippen molar-refractivity contribution in [3.05, 3.63) is 72.6 Å². The predicted octanol–water partition coefficient (Wildman–Crippen LogP) is 4.51. The lowest BCUT2D eigenvalue weighted by atomic mass is 10.2. The van der Waals surface area contributed by atoms with Gasteiger partial charge in [0.1, 0.15) is 17.0 Å². The number of thiophene rings is 1. The van der Waals surface area contributed by atoms with Crippen LogP contribution >= 0.6 is 11.3 Å². The van der Waals surface area contributed by atoms with E-state index in [1.54, 1.807) is 17.7 Å². The molecule has 1 saturated heterocycles. The van der Waals surface area contributed by atoms with Crippen LogP contribution in [0.2, 0.25) is 0 Å². The topological polar surface area (TPSA) is 75.2 Å². The van der Waals surface area contributed by atoms with Crippen LogP contribution in [0, 0.1) is 0 Å². The van der Waals surface area contributed by atoms with Crippen LogP contribution in [-0.4, -0.2) is 30.7 Å². The third-order valence-electron chi connectivity index (χ3n) is 5.15. The van der Waals surface area contributed by atoms with Crippen LogP contribution < -0.4 is 9.62 Å². The smallest absolute Gasteiger partial charge is 0.235 e. The van der Waals surface area contributed by atoms with Crippen molar-refractivity contribution in [2.75, 3.05) is 21.9 Å². The van der Waals surface area contributed by atoms with Gasteiger partial charge in [0.15, 0.2) is 0 Å². The molecule has 3 heterocycles. The van der Waals surface area contributed by atoms with Crippen molar-refractivity contribution in [1.29, 1.82) is 0 Å². The van der Waals surface area contributed by atoms with Gasteiger partial charge in [0.25, 0.3) is 0 Å². The Morgan fingerprint density at radius 2 is 1.90 bits per heavy atom. The molecule has 0 spiro atoms. The zero-order valence-electron chi connectivity index (χ0n) is 16.2. The number of nitrogens with one attached hydrogen (secondary N) is 1. The molecule has 0 atom stereocenters. The maximum Gasteiger partial charge on any atom is 0.235 e. The van der Waals surface area contributed by atoms with E-state index in [4.69, 9.17) is 0 Å². The molecule has 5 rings (SSSR count). The van der Waals surface area contributed by atoms with E-state index in [1.165, 1.54) is 4.31 Å². The minimum Gasteiger partial charge on any atom is -0.365 e. The molecule has 0 radical (unpaired) electrons. The quantitative estimate of drug-likeness (QED) is 0.498. The number of fused-ring (bicyclic) bond motifs is 1. The fourth-order valence-corrected chi connectivity index (χ4v) is 6.24. The highest BCUT2D eigenvalue weighted by atomic mass is 32.2. The molecule has 0 bridgehead atoms. The summed E-state index contributed by atoms with van der Waals surface area (Å²) in [6.45, 7) is 1.09. The summed E-state index contributed by atoms with van der Waals surface area (Å²) in [4.78, 5) is 10.9. The van der Waals surface area contributed by atoms with Crippen molar-refractivity contribution in [2.45, 2.75) is 13.0 Å². The fourth-order valence-electron chi connectivity index (χ4n) is 3.68. The summed E-state index contributed by atoms with van der Waals surface area (Å²) < 4.78 is 25.9. The molecular weight excluding hydrogens is 416 g/mol. The molecule has 6 nitrogen and oxygen atoms in total. The average Bonchev–Trinajstić information content (AvgIpc) is 3.36. The van der Waals surface area contributed by atoms with Crippen LogP contribution in [0.3, 0.4) is 0 Å². The van der Waals surface area contributed by atoms with Gasteiger partial charge in [0.2, 0.25) is 10.0 Å². The van der Waals surface area contributed by atoms with Crippen molar-refractivity contribution in [3.63, 3.8) is 0 Å². The van der Waals surface area contributed by atoms with Crippen LogP contribution in [0.25, 0.3) is 20.7 Å². The maximum atomic E-state index is 12.2. The number of hydrogen-bond donors (Lipinski definition) is 1.